The lowest BCUT2D eigenvalue weighted by atomic mass is 9.75. The van der Waals surface area contributed by atoms with E-state index in [0.717, 1.165) is 19.3 Å². The van der Waals surface area contributed by atoms with E-state index >= 15 is 0 Å². The summed E-state index contributed by atoms with van der Waals surface area (Å²) in [5, 5.41) is 8.58. The Hall–Kier alpha value is -0.650. The minimum Gasteiger partial charge on any atom is -0.209 e. The van der Waals surface area contributed by atoms with Gasteiger partial charge in [-0.15, -0.1) is 0 Å². The molecule has 0 saturated heterocycles. The summed E-state index contributed by atoms with van der Waals surface area (Å²) in [5.41, 5.74) is -1.31. The van der Waals surface area contributed by atoms with Crippen molar-refractivity contribution in [3.05, 3.63) is 0 Å². The maximum absolute atomic E-state index is 12.4. The molecule has 1 aliphatic carbocycles. The molecule has 1 saturated carbocycles. The molecule has 0 bridgehead atoms. The number of hydrogen-bond donors (Lipinski definition) is 0. The lowest BCUT2D eigenvalue weighted by Crippen LogP contribution is -2.30. The van der Waals surface area contributed by atoms with E-state index in [9.17, 15) is 8.78 Å². The van der Waals surface area contributed by atoms with Crippen molar-refractivity contribution < 1.29 is 8.78 Å². The van der Waals surface area contributed by atoms with Gasteiger partial charge in [-0.1, -0.05) is 19.3 Å². The number of halogens is 2. The molecule has 0 amide bonds. The van der Waals surface area contributed by atoms with Crippen LogP contribution < -0.4 is 0 Å². The maximum atomic E-state index is 12.4. The van der Waals surface area contributed by atoms with Crippen LogP contribution in [0.1, 0.15) is 32.1 Å². The minimum absolute atomic E-state index is 0.376. The highest BCUT2D eigenvalue weighted by Crippen LogP contribution is 2.40. The minimum atomic E-state index is -2.47. The Labute approximate surface area is 65.0 Å². The Morgan fingerprint density at radius 3 is 2.00 bits per heavy atom. The third kappa shape index (κ3) is 1.50. The van der Waals surface area contributed by atoms with Crippen LogP contribution in [-0.4, -0.2) is 6.43 Å². The SMILES string of the molecule is N#CC1(C(F)F)CCCCC1. The van der Waals surface area contributed by atoms with E-state index in [4.69, 9.17) is 5.26 Å². The van der Waals surface area contributed by atoms with Gasteiger partial charge < -0.3 is 0 Å². The Morgan fingerprint density at radius 1 is 1.18 bits per heavy atom. The van der Waals surface area contributed by atoms with Crippen molar-refractivity contribution in [3.8, 4) is 6.07 Å². The molecule has 0 spiro atoms. The second-order valence-corrected chi connectivity index (χ2v) is 3.13. The molecular weight excluding hydrogens is 148 g/mol. The van der Waals surface area contributed by atoms with Crippen molar-refractivity contribution in [2.24, 2.45) is 5.41 Å². The van der Waals surface area contributed by atoms with E-state index in [0.29, 0.717) is 12.8 Å². The van der Waals surface area contributed by atoms with Crippen molar-refractivity contribution in [1.29, 1.82) is 5.26 Å². The molecule has 0 aromatic heterocycles. The van der Waals surface area contributed by atoms with Gasteiger partial charge in [-0.2, -0.15) is 5.26 Å². The van der Waals surface area contributed by atoms with Crippen LogP contribution in [0.4, 0.5) is 8.78 Å². The summed E-state index contributed by atoms with van der Waals surface area (Å²) in [6, 6.07) is 1.77. The number of nitriles is 1. The fourth-order valence-electron chi connectivity index (χ4n) is 1.56. The van der Waals surface area contributed by atoms with Crippen LogP contribution in [0.25, 0.3) is 0 Å². The average Bonchev–Trinajstić information content (AvgIpc) is 2.05. The van der Waals surface area contributed by atoms with Crippen molar-refractivity contribution in [2.75, 3.05) is 0 Å². The molecule has 0 aromatic rings. The first-order valence-electron chi connectivity index (χ1n) is 3.91. The summed E-state index contributed by atoms with van der Waals surface area (Å²) in [6.45, 7) is 0. The van der Waals surface area contributed by atoms with Crippen LogP contribution in [0.5, 0.6) is 0 Å². The molecule has 0 atom stereocenters. The van der Waals surface area contributed by atoms with E-state index in [-0.39, 0.29) is 0 Å². The van der Waals surface area contributed by atoms with Gasteiger partial charge in [-0.3, -0.25) is 0 Å². The summed E-state index contributed by atoms with van der Waals surface area (Å²) in [6.07, 6.45) is 0.835. The average molecular weight is 159 g/mol. The smallest absolute Gasteiger partial charge is 0.209 e. The molecule has 1 nitrogen and oxygen atoms in total. The van der Waals surface area contributed by atoms with Crippen LogP contribution in [0.2, 0.25) is 0 Å². The molecule has 1 aliphatic rings. The highest BCUT2D eigenvalue weighted by Gasteiger charge is 2.41. The van der Waals surface area contributed by atoms with Gasteiger partial charge in [-0.05, 0) is 12.8 Å². The van der Waals surface area contributed by atoms with Gasteiger partial charge in [0.05, 0.1) is 6.07 Å². The normalized spacial score (nSPS) is 23.1. The van der Waals surface area contributed by atoms with Crippen LogP contribution in [0, 0.1) is 16.7 Å². The molecule has 0 aliphatic heterocycles. The van der Waals surface area contributed by atoms with Crippen LogP contribution >= 0.6 is 0 Å². The molecule has 0 radical (unpaired) electrons. The van der Waals surface area contributed by atoms with E-state index in [2.05, 4.69) is 0 Å². The summed E-state index contributed by atoms with van der Waals surface area (Å²) in [7, 11) is 0. The van der Waals surface area contributed by atoms with Crippen molar-refractivity contribution in [3.63, 3.8) is 0 Å². The molecule has 0 N–H and O–H groups in total. The molecule has 0 unspecified atom stereocenters. The second kappa shape index (κ2) is 3.17. The Morgan fingerprint density at radius 2 is 1.73 bits per heavy atom. The van der Waals surface area contributed by atoms with Gasteiger partial charge in [0.1, 0.15) is 5.41 Å². The fourth-order valence-corrected chi connectivity index (χ4v) is 1.56. The highest BCUT2D eigenvalue weighted by atomic mass is 19.3. The molecule has 1 fully saturated rings. The Bertz CT molecular complexity index is 165. The first-order chi connectivity index (χ1) is 5.21. The van der Waals surface area contributed by atoms with Crippen molar-refractivity contribution in [2.45, 2.75) is 38.5 Å². The van der Waals surface area contributed by atoms with Gasteiger partial charge in [0, 0.05) is 0 Å². The quantitative estimate of drug-likeness (QED) is 0.577. The van der Waals surface area contributed by atoms with E-state index in [1.807, 2.05) is 0 Å². The summed E-state index contributed by atoms with van der Waals surface area (Å²) in [5.74, 6) is 0. The van der Waals surface area contributed by atoms with Crippen molar-refractivity contribution >= 4 is 0 Å². The topological polar surface area (TPSA) is 23.8 Å². The fraction of sp³-hybridized carbons (Fsp3) is 0.875. The second-order valence-electron chi connectivity index (χ2n) is 3.13. The van der Waals surface area contributed by atoms with E-state index in [1.54, 1.807) is 6.07 Å². The zero-order valence-corrected chi connectivity index (χ0v) is 6.32. The van der Waals surface area contributed by atoms with Gasteiger partial charge in [0.2, 0.25) is 0 Å². The predicted molar refractivity (Wildman–Crippen MR) is 37.1 cm³/mol. The molecule has 1 rings (SSSR count). The zero-order valence-electron chi connectivity index (χ0n) is 6.32. The lowest BCUT2D eigenvalue weighted by molar-refractivity contribution is 0.00890. The van der Waals surface area contributed by atoms with Gasteiger partial charge in [-0.25, -0.2) is 8.78 Å². The Balaban J connectivity index is 2.67. The monoisotopic (exact) mass is 159 g/mol. The van der Waals surface area contributed by atoms with Gasteiger partial charge in [0.15, 0.2) is 0 Å². The third-order valence-electron chi connectivity index (χ3n) is 2.39. The third-order valence-corrected chi connectivity index (χ3v) is 2.39. The largest absolute Gasteiger partial charge is 0.257 e. The number of hydrogen-bond acceptors (Lipinski definition) is 1. The number of nitrogens with zero attached hydrogens (tertiary/aromatic N) is 1. The van der Waals surface area contributed by atoms with E-state index in [1.165, 1.54) is 0 Å². The molecular formula is C8H11F2N. The molecule has 0 heterocycles. The summed E-state index contributed by atoms with van der Waals surface area (Å²) >= 11 is 0. The van der Waals surface area contributed by atoms with Gasteiger partial charge >= 0.3 is 0 Å². The van der Waals surface area contributed by atoms with E-state index < -0.39 is 11.8 Å². The maximum Gasteiger partial charge on any atom is 0.257 e. The van der Waals surface area contributed by atoms with Crippen LogP contribution in [-0.2, 0) is 0 Å². The van der Waals surface area contributed by atoms with Crippen LogP contribution in [0.15, 0.2) is 0 Å². The summed E-state index contributed by atoms with van der Waals surface area (Å²) in [4.78, 5) is 0. The summed E-state index contributed by atoms with van der Waals surface area (Å²) < 4.78 is 24.7. The predicted octanol–water partition coefficient (Wildman–Crippen LogP) is 2.73. The molecule has 0 aromatic carbocycles. The first kappa shape index (κ1) is 8.45. The molecule has 3 heteroatoms. The number of alkyl halides is 2. The molecule has 62 valence electrons. The Kier molecular flexibility index (Phi) is 2.43. The van der Waals surface area contributed by atoms with Crippen molar-refractivity contribution in [1.82, 2.24) is 0 Å². The highest BCUT2D eigenvalue weighted by molar-refractivity contribution is 5.02. The standard InChI is InChI=1S/C8H11F2N/c9-7(10)8(6-11)4-2-1-3-5-8/h7H,1-5H2. The van der Waals surface area contributed by atoms with Gasteiger partial charge in [0.25, 0.3) is 6.43 Å². The molecule has 11 heavy (non-hydrogen) atoms. The zero-order chi connectivity index (χ0) is 8.32. The first-order valence-corrected chi connectivity index (χ1v) is 3.91. The van der Waals surface area contributed by atoms with Crippen LogP contribution in [0.3, 0.4) is 0 Å². The lowest BCUT2D eigenvalue weighted by Gasteiger charge is -2.29. The number of rotatable bonds is 1.